The van der Waals surface area contributed by atoms with E-state index in [1.165, 1.54) is 4.90 Å². The number of rotatable bonds is 7. The van der Waals surface area contributed by atoms with Gasteiger partial charge in [-0.05, 0) is 56.0 Å². The van der Waals surface area contributed by atoms with Crippen LogP contribution in [0.5, 0.6) is 0 Å². The minimum atomic E-state index is -0.105. The van der Waals surface area contributed by atoms with Gasteiger partial charge < -0.3 is 5.32 Å². The summed E-state index contributed by atoms with van der Waals surface area (Å²) in [7, 11) is 0. The third-order valence-corrected chi connectivity index (χ3v) is 5.23. The number of aryl methyl sites for hydroxylation is 1. The highest BCUT2D eigenvalue weighted by atomic mass is 32.2. The molecule has 3 heteroatoms. The van der Waals surface area contributed by atoms with Gasteiger partial charge >= 0.3 is 0 Å². The Morgan fingerprint density at radius 1 is 1.20 bits per heavy atom. The molecular weight excluding hydrogens is 269 g/mol. The number of hydrogen-bond donors (Lipinski definition) is 1. The summed E-state index contributed by atoms with van der Waals surface area (Å²) in [6, 6.07) is 3.89. The van der Waals surface area contributed by atoms with Crippen LogP contribution in [0.25, 0.3) is 0 Å². The van der Waals surface area contributed by atoms with Gasteiger partial charge in [-0.15, -0.1) is 11.8 Å². The van der Waals surface area contributed by atoms with Crippen LogP contribution in [0.15, 0.2) is 17.0 Å². The predicted octanol–water partition coefficient (Wildman–Crippen LogP) is 5.33. The summed E-state index contributed by atoms with van der Waals surface area (Å²) in [6.07, 6.45) is 1.09. The van der Waals surface area contributed by atoms with Crippen molar-refractivity contribution in [3.63, 3.8) is 0 Å². The predicted molar refractivity (Wildman–Crippen MR) is 88.0 cm³/mol. The second kappa shape index (κ2) is 8.04. The number of thioether (sulfide) groups is 1. The molecule has 0 aliphatic heterocycles. The molecule has 1 aromatic rings. The fraction of sp³-hybridized carbons (Fsp3) is 0.647. The van der Waals surface area contributed by atoms with Crippen molar-refractivity contribution in [2.45, 2.75) is 64.2 Å². The highest BCUT2D eigenvalue weighted by Gasteiger charge is 2.17. The Balaban J connectivity index is 3.03. The van der Waals surface area contributed by atoms with Crippen LogP contribution in [0, 0.1) is 18.7 Å². The first-order valence-corrected chi connectivity index (χ1v) is 8.44. The third-order valence-electron chi connectivity index (χ3n) is 3.71. The fourth-order valence-corrected chi connectivity index (χ4v) is 3.21. The Kier molecular flexibility index (Phi) is 7.04. The van der Waals surface area contributed by atoms with Gasteiger partial charge in [0.1, 0.15) is 5.82 Å². The SMILES string of the molecule is CCCNC(C)c1cc(F)c(C)cc1SC(C)C(C)C. The van der Waals surface area contributed by atoms with Crippen molar-refractivity contribution in [1.82, 2.24) is 5.32 Å². The Bertz CT molecular complexity index is 431. The van der Waals surface area contributed by atoms with Crippen molar-refractivity contribution in [2.75, 3.05) is 6.54 Å². The van der Waals surface area contributed by atoms with Gasteiger partial charge in [0.25, 0.3) is 0 Å². The van der Waals surface area contributed by atoms with Crippen LogP contribution in [0.4, 0.5) is 4.39 Å². The highest BCUT2D eigenvalue weighted by molar-refractivity contribution is 8.00. The topological polar surface area (TPSA) is 12.0 Å². The molecule has 0 aromatic heterocycles. The minimum absolute atomic E-state index is 0.105. The van der Waals surface area contributed by atoms with E-state index >= 15 is 0 Å². The Hall–Kier alpha value is -0.540. The van der Waals surface area contributed by atoms with Crippen molar-refractivity contribution >= 4 is 11.8 Å². The van der Waals surface area contributed by atoms with Crippen molar-refractivity contribution in [3.05, 3.63) is 29.1 Å². The maximum atomic E-state index is 13.9. The molecule has 1 rings (SSSR count). The molecule has 1 nitrogen and oxygen atoms in total. The molecule has 20 heavy (non-hydrogen) atoms. The van der Waals surface area contributed by atoms with Crippen LogP contribution in [0.1, 0.15) is 58.2 Å². The van der Waals surface area contributed by atoms with E-state index in [9.17, 15) is 4.39 Å². The molecule has 0 spiro atoms. The lowest BCUT2D eigenvalue weighted by molar-refractivity contribution is 0.552. The molecule has 2 atom stereocenters. The maximum absolute atomic E-state index is 13.9. The molecule has 2 unspecified atom stereocenters. The van der Waals surface area contributed by atoms with Crippen molar-refractivity contribution in [3.8, 4) is 0 Å². The highest BCUT2D eigenvalue weighted by Crippen LogP contribution is 2.34. The number of benzene rings is 1. The van der Waals surface area contributed by atoms with Crippen LogP contribution in [0.3, 0.4) is 0 Å². The van der Waals surface area contributed by atoms with Gasteiger partial charge in [0.2, 0.25) is 0 Å². The molecule has 0 aliphatic carbocycles. The number of nitrogens with one attached hydrogen (secondary N) is 1. The van der Waals surface area contributed by atoms with Crippen molar-refractivity contribution < 1.29 is 4.39 Å². The molecule has 1 N–H and O–H groups in total. The number of hydrogen-bond acceptors (Lipinski definition) is 2. The van der Waals surface area contributed by atoms with Gasteiger partial charge in [0.15, 0.2) is 0 Å². The Morgan fingerprint density at radius 3 is 2.40 bits per heavy atom. The average Bonchev–Trinajstić information content (AvgIpc) is 2.39. The molecule has 0 amide bonds. The smallest absolute Gasteiger partial charge is 0.126 e. The minimum Gasteiger partial charge on any atom is -0.310 e. The molecule has 1 aromatic carbocycles. The summed E-state index contributed by atoms with van der Waals surface area (Å²) < 4.78 is 13.9. The van der Waals surface area contributed by atoms with Gasteiger partial charge in [-0.1, -0.05) is 27.7 Å². The van der Waals surface area contributed by atoms with Crippen molar-refractivity contribution in [1.29, 1.82) is 0 Å². The lowest BCUT2D eigenvalue weighted by Crippen LogP contribution is -2.20. The van der Waals surface area contributed by atoms with Crippen LogP contribution in [0.2, 0.25) is 0 Å². The standard InChI is InChI=1S/C17H28FNS/c1-7-8-19-13(5)15-10-16(18)12(4)9-17(15)20-14(6)11(2)3/h9-11,13-14,19H,7-8H2,1-6H3. The first-order valence-electron chi connectivity index (χ1n) is 7.56. The van der Waals surface area contributed by atoms with Gasteiger partial charge in [-0.2, -0.15) is 0 Å². The fourth-order valence-electron chi connectivity index (χ4n) is 1.92. The van der Waals surface area contributed by atoms with E-state index in [-0.39, 0.29) is 11.9 Å². The van der Waals surface area contributed by atoms with E-state index in [0.717, 1.165) is 24.1 Å². The molecule has 0 aliphatic rings. The van der Waals surface area contributed by atoms with Crippen molar-refractivity contribution in [2.24, 2.45) is 5.92 Å². The molecule has 0 heterocycles. The van der Waals surface area contributed by atoms with Crippen LogP contribution >= 0.6 is 11.8 Å². The van der Waals surface area contributed by atoms with E-state index in [1.54, 1.807) is 6.07 Å². The monoisotopic (exact) mass is 297 g/mol. The molecule has 0 bridgehead atoms. The normalized spacial score (nSPS) is 14.6. The largest absolute Gasteiger partial charge is 0.310 e. The van der Waals surface area contributed by atoms with Crippen LogP contribution in [-0.4, -0.2) is 11.8 Å². The Labute approximate surface area is 127 Å². The quantitative estimate of drug-likeness (QED) is 0.683. The number of halogens is 1. The van der Waals surface area contributed by atoms with Gasteiger partial charge in [-0.3, -0.25) is 0 Å². The second-order valence-corrected chi connectivity index (χ2v) is 7.30. The molecule has 0 saturated heterocycles. The zero-order chi connectivity index (χ0) is 15.3. The zero-order valence-corrected chi connectivity index (χ0v) is 14.4. The average molecular weight is 297 g/mol. The summed E-state index contributed by atoms with van der Waals surface area (Å²) >= 11 is 1.86. The van der Waals surface area contributed by atoms with E-state index < -0.39 is 0 Å². The first-order chi connectivity index (χ1) is 9.36. The zero-order valence-electron chi connectivity index (χ0n) is 13.6. The van der Waals surface area contributed by atoms with Crippen LogP contribution in [-0.2, 0) is 0 Å². The summed E-state index contributed by atoms with van der Waals surface area (Å²) in [4.78, 5) is 1.21. The van der Waals surface area contributed by atoms with Crippen LogP contribution < -0.4 is 5.32 Å². The third kappa shape index (κ3) is 4.78. The lowest BCUT2D eigenvalue weighted by Gasteiger charge is -2.22. The summed E-state index contributed by atoms with van der Waals surface area (Å²) in [5.74, 6) is 0.504. The summed E-state index contributed by atoms with van der Waals surface area (Å²) in [5, 5.41) is 3.98. The molecule has 0 fully saturated rings. The molecule has 0 radical (unpaired) electrons. The second-order valence-electron chi connectivity index (χ2n) is 5.88. The molecule has 114 valence electrons. The summed E-state index contributed by atoms with van der Waals surface area (Å²) in [6.45, 7) is 13.8. The summed E-state index contributed by atoms with van der Waals surface area (Å²) in [5.41, 5.74) is 1.81. The van der Waals surface area contributed by atoms with E-state index in [1.807, 2.05) is 24.8 Å². The van der Waals surface area contributed by atoms with Gasteiger partial charge in [-0.25, -0.2) is 4.39 Å². The van der Waals surface area contributed by atoms with Gasteiger partial charge in [0.05, 0.1) is 0 Å². The lowest BCUT2D eigenvalue weighted by atomic mass is 10.1. The van der Waals surface area contributed by atoms with Gasteiger partial charge in [0, 0.05) is 16.2 Å². The first kappa shape index (κ1) is 17.5. The van der Waals surface area contributed by atoms with E-state index in [4.69, 9.17) is 0 Å². The molecular formula is C17H28FNS. The van der Waals surface area contributed by atoms with E-state index in [0.29, 0.717) is 11.2 Å². The van der Waals surface area contributed by atoms with E-state index in [2.05, 4.69) is 39.9 Å². The Morgan fingerprint density at radius 2 is 1.85 bits per heavy atom. The maximum Gasteiger partial charge on any atom is 0.126 e. The molecule has 0 saturated carbocycles.